The fourth-order valence-electron chi connectivity index (χ4n) is 4.14. The van der Waals surface area contributed by atoms with Crippen molar-refractivity contribution in [2.45, 2.75) is 32.8 Å². The van der Waals surface area contributed by atoms with Crippen LogP contribution in [0.4, 0.5) is 20.7 Å². The van der Waals surface area contributed by atoms with E-state index in [1.807, 2.05) is 0 Å². The average Bonchev–Trinajstić information content (AvgIpc) is 2.79. The van der Waals surface area contributed by atoms with Crippen molar-refractivity contribution < 1.29 is 13.9 Å². The lowest BCUT2D eigenvalue weighted by atomic mass is 9.92. The maximum absolute atomic E-state index is 13.1. The van der Waals surface area contributed by atoms with Gasteiger partial charge in [-0.15, -0.1) is 0 Å². The first-order valence-corrected chi connectivity index (χ1v) is 10.6. The molecule has 0 spiro atoms. The Kier molecular flexibility index (Phi) is 6.05. The van der Waals surface area contributed by atoms with Crippen LogP contribution in [0, 0.1) is 17.1 Å². The Morgan fingerprint density at radius 1 is 1.19 bits per heavy atom. The topological polar surface area (TPSA) is 81.5 Å². The van der Waals surface area contributed by atoms with E-state index in [2.05, 4.69) is 30.1 Å². The number of pyridine rings is 1. The number of aromatic nitrogens is 1. The molecule has 0 bridgehead atoms. The summed E-state index contributed by atoms with van der Waals surface area (Å²) in [7, 11) is 0. The lowest BCUT2D eigenvalue weighted by Crippen LogP contribution is -2.50. The number of halogens is 1. The summed E-state index contributed by atoms with van der Waals surface area (Å²) in [5.41, 5.74) is 4.28. The van der Waals surface area contributed by atoms with E-state index in [0.717, 1.165) is 16.8 Å². The lowest BCUT2D eigenvalue weighted by Gasteiger charge is -2.37. The standard InChI is InChI=1S/C23H26FN5O2/c1-15(2)21-20-14-31-12-7-18(20)19(13-25)22(27-21)28-8-10-29(11-9-28)23(30)26-17-5-3-16(24)4-6-17/h3-6,15H,7-12,14H2,1-2H3,(H,26,30). The number of carbonyl (C=O) groups excluding carboxylic acids is 1. The van der Waals surface area contributed by atoms with Crippen molar-refractivity contribution in [3.63, 3.8) is 0 Å². The number of hydrogen-bond acceptors (Lipinski definition) is 5. The molecule has 7 nitrogen and oxygen atoms in total. The minimum Gasteiger partial charge on any atom is -0.376 e. The SMILES string of the molecule is CC(C)c1nc(N2CCN(C(=O)Nc3ccc(F)cc3)CC2)c(C#N)c2c1COCC2. The Balaban J connectivity index is 1.51. The zero-order chi connectivity index (χ0) is 22.0. The van der Waals surface area contributed by atoms with Gasteiger partial charge in [0.05, 0.1) is 24.5 Å². The van der Waals surface area contributed by atoms with E-state index in [1.165, 1.54) is 24.3 Å². The van der Waals surface area contributed by atoms with Gasteiger partial charge in [0.15, 0.2) is 0 Å². The first-order chi connectivity index (χ1) is 15.0. The monoisotopic (exact) mass is 423 g/mol. The molecule has 3 heterocycles. The van der Waals surface area contributed by atoms with Crippen LogP contribution in [-0.2, 0) is 17.8 Å². The maximum atomic E-state index is 13.1. The normalized spacial score (nSPS) is 16.1. The Morgan fingerprint density at radius 3 is 2.55 bits per heavy atom. The Bertz CT molecular complexity index is 1010. The molecule has 1 aromatic heterocycles. The van der Waals surface area contributed by atoms with Gasteiger partial charge in [0, 0.05) is 37.4 Å². The van der Waals surface area contributed by atoms with Crippen LogP contribution >= 0.6 is 0 Å². The van der Waals surface area contributed by atoms with Crippen LogP contribution in [0.2, 0.25) is 0 Å². The molecule has 31 heavy (non-hydrogen) atoms. The third-order valence-electron chi connectivity index (χ3n) is 5.79. The van der Waals surface area contributed by atoms with Gasteiger partial charge < -0.3 is 19.9 Å². The largest absolute Gasteiger partial charge is 0.376 e. The second-order valence-corrected chi connectivity index (χ2v) is 8.13. The number of anilines is 2. The van der Waals surface area contributed by atoms with Crippen LogP contribution in [-0.4, -0.2) is 48.7 Å². The van der Waals surface area contributed by atoms with Crippen LogP contribution < -0.4 is 10.2 Å². The fourth-order valence-corrected chi connectivity index (χ4v) is 4.14. The highest BCUT2D eigenvalue weighted by Gasteiger charge is 2.29. The molecule has 1 N–H and O–H groups in total. The second-order valence-electron chi connectivity index (χ2n) is 8.13. The Labute approximate surface area is 181 Å². The summed E-state index contributed by atoms with van der Waals surface area (Å²) in [6, 6.07) is 7.87. The smallest absolute Gasteiger partial charge is 0.321 e. The van der Waals surface area contributed by atoms with E-state index >= 15 is 0 Å². The predicted octanol–water partition coefficient (Wildman–Crippen LogP) is 3.64. The zero-order valence-electron chi connectivity index (χ0n) is 17.8. The zero-order valence-corrected chi connectivity index (χ0v) is 17.8. The third-order valence-corrected chi connectivity index (χ3v) is 5.79. The number of nitriles is 1. The van der Waals surface area contributed by atoms with Gasteiger partial charge >= 0.3 is 6.03 Å². The van der Waals surface area contributed by atoms with E-state index in [4.69, 9.17) is 9.72 Å². The Morgan fingerprint density at radius 2 is 1.90 bits per heavy atom. The molecule has 1 aromatic carbocycles. The molecule has 4 rings (SSSR count). The summed E-state index contributed by atoms with van der Waals surface area (Å²) >= 11 is 0. The van der Waals surface area contributed by atoms with Gasteiger partial charge in [0.25, 0.3) is 0 Å². The van der Waals surface area contributed by atoms with Crippen LogP contribution in [0.15, 0.2) is 24.3 Å². The first-order valence-electron chi connectivity index (χ1n) is 10.6. The van der Waals surface area contributed by atoms with Crippen molar-refractivity contribution in [3.05, 3.63) is 52.5 Å². The molecule has 0 unspecified atom stereocenters. The van der Waals surface area contributed by atoms with Crippen molar-refractivity contribution in [2.75, 3.05) is 43.0 Å². The van der Waals surface area contributed by atoms with Gasteiger partial charge in [0.1, 0.15) is 17.7 Å². The minimum absolute atomic E-state index is 0.217. The highest BCUT2D eigenvalue weighted by Crippen LogP contribution is 2.33. The van der Waals surface area contributed by atoms with Crippen molar-refractivity contribution in [2.24, 2.45) is 0 Å². The van der Waals surface area contributed by atoms with Crippen LogP contribution in [0.1, 0.15) is 42.1 Å². The van der Waals surface area contributed by atoms with Crippen LogP contribution in [0.25, 0.3) is 0 Å². The number of urea groups is 1. The number of fused-ring (bicyclic) bond motifs is 1. The molecule has 1 saturated heterocycles. The van der Waals surface area contributed by atoms with Gasteiger partial charge in [-0.3, -0.25) is 0 Å². The highest BCUT2D eigenvalue weighted by atomic mass is 19.1. The summed E-state index contributed by atoms with van der Waals surface area (Å²) in [4.78, 5) is 21.3. The minimum atomic E-state index is -0.343. The van der Waals surface area contributed by atoms with Crippen LogP contribution in [0.3, 0.4) is 0 Å². The number of carbonyl (C=O) groups is 1. The number of hydrogen-bond donors (Lipinski definition) is 1. The second kappa shape index (κ2) is 8.90. The first kappa shape index (κ1) is 21.1. The van der Waals surface area contributed by atoms with E-state index in [9.17, 15) is 14.4 Å². The van der Waals surface area contributed by atoms with Crippen molar-refractivity contribution in [3.8, 4) is 6.07 Å². The summed E-state index contributed by atoms with van der Waals surface area (Å²) < 4.78 is 18.7. The van der Waals surface area contributed by atoms with E-state index < -0.39 is 0 Å². The van der Waals surface area contributed by atoms with Gasteiger partial charge in [-0.25, -0.2) is 14.2 Å². The number of nitrogens with one attached hydrogen (secondary N) is 1. The summed E-state index contributed by atoms with van der Waals surface area (Å²) in [5, 5.41) is 12.7. The van der Waals surface area contributed by atoms with Gasteiger partial charge in [-0.1, -0.05) is 13.8 Å². The molecule has 2 amide bonds. The lowest BCUT2D eigenvalue weighted by molar-refractivity contribution is 0.109. The molecule has 2 aromatic rings. The van der Waals surface area contributed by atoms with Crippen molar-refractivity contribution in [1.82, 2.24) is 9.88 Å². The molecular formula is C23H26FN5O2. The molecule has 0 saturated carbocycles. The predicted molar refractivity (Wildman–Crippen MR) is 116 cm³/mol. The molecule has 1 fully saturated rings. The molecular weight excluding hydrogens is 397 g/mol. The van der Waals surface area contributed by atoms with E-state index in [1.54, 1.807) is 4.90 Å². The van der Waals surface area contributed by atoms with E-state index in [0.29, 0.717) is 62.9 Å². The van der Waals surface area contributed by atoms with Gasteiger partial charge in [0.2, 0.25) is 0 Å². The molecule has 2 aliphatic heterocycles. The van der Waals surface area contributed by atoms with Gasteiger partial charge in [-0.05, 0) is 42.2 Å². The molecule has 8 heteroatoms. The van der Waals surface area contributed by atoms with Gasteiger partial charge in [-0.2, -0.15) is 5.26 Å². The quantitative estimate of drug-likeness (QED) is 0.815. The van der Waals surface area contributed by atoms with Crippen LogP contribution in [0.5, 0.6) is 0 Å². The van der Waals surface area contributed by atoms with Crippen molar-refractivity contribution in [1.29, 1.82) is 5.26 Å². The molecule has 0 atom stereocenters. The maximum Gasteiger partial charge on any atom is 0.321 e. The highest BCUT2D eigenvalue weighted by molar-refractivity contribution is 5.89. The average molecular weight is 423 g/mol. The summed E-state index contributed by atoms with van der Waals surface area (Å²) in [6.45, 7) is 7.52. The molecule has 162 valence electrons. The molecule has 0 aliphatic carbocycles. The number of ether oxygens (including phenoxy) is 1. The fraction of sp³-hybridized carbons (Fsp3) is 0.435. The Hall–Kier alpha value is -3.18. The number of amides is 2. The number of nitrogens with zero attached hydrogens (tertiary/aromatic N) is 4. The summed E-state index contributed by atoms with van der Waals surface area (Å²) in [5.74, 6) is 0.597. The summed E-state index contributed by atoms with van der Waals surface area (Å²) in [6.07, 6.45) is 0.716. The molecule has 2 aliphatic rings. The number of rotatable bonds is 3. The van der Waals surface area contributed by atoms with E-state index in [-0.39, 0.29) is 17.8 Å². The van der Waals surface area contributed by atoms with Crippen molar-refractivity contribution >= 4 is 17.5 Å². The molecule has 0 radical (unpaired) electrons. The third kappa shape index (κ3) is 4.32. The number of benzene rings is 1. The number of piperazine rings is 1.